The molecule has 1 amide bonds. The van der Waals surface area contributed by atoms with Crippen LogP contribution in [-0.4, -0.2) is 41.3 Å². The minimum absolute atomic E-state index is 0.00453. The zero-order chi connectivity index (χ0) is 17.0. The lowest BCUT2D eigenvalue weighted by Gasteiger charge is -2.17. The van der Waals surface area contributed by atoms with Crippen molar-refractivity contribution in [3.8, 4) is 5.75 Å². The van der Waals surface area contributed by atoms with Gasteiger partial charge in [0, 0.05) is 19.5 Å². The lowest BCUT2D eigenvalue weighted by atomic mass is 10.1. The summed E-state index contributed by atoms with van der Waals surface area (Å²) in [6.07, 6.45) is -4.29. The first-order valence-electron chi connectivity index (χ1n) is 7.10. The molecule has 1 aromatic rings. The average Bonchev–Trinajstić information content (AvgIpc) is 2.94. The molecule has 0 aromatic heterocycles. The topological polar surface area (TPSA) is 66.8 Å². The number of hydrogen-bond donors (Lipinski definition) is 1. The molecule has 1 saturated heterocycles. The van der Waals surface area contributed by atoms with E-state index in [1.54, 1.807) is 6.07 Å². The highest BCUT2D eigenvalue weighted by Gasteiger charge is 2.33. The molecule has 0 radical (unpaired) electrons. The number of nitrogens with zero attached hydrogens (tertiary/aromatic N) is 1. The molecule has 1 aliphatic rings. The van der Waals surface area contributed by atoms with Crippen LogP contribution in [0, 0.1) is 5.92 Å². The number of hydrogen-bond acceptors (Lipinski definition) is 3. The van der Waals surface area contributed by atoms with Crippen molar-refractivity contribution < 1.29 is 32.6 Å². The van der Waals surface area contributed by atoms with Gasteiger partial charge in [-0.1, -0.05) is 18.2 Å². The number of benzene rings is 1. The maximum absolute atomic E-state index is 12.3. The number of amides is 1. The van der Waals surface area contributed by atoms with E-state index in [0.717, 1.165) is 0 Å². The maximum atomic E-state index is 12.3. The van der Waals surface area contributed by atoms with Crippen LogP contribution in [0.4, 0.5) is 13.2 Å². The molecule has 126 valence electrons. The van der Waals surface area contributed by atoms with E-state index in [2.05, 4.69) is 4.74 Å². The van der Waals surface area contributed by atoms with Gasteiger partial charge >= 0.3 is 12.3 Å². The molecule has 1 aliphatic heterocycles. The van der Waals surface area contributed by atoms with Gasteiger partial charge in [0.15, 0.2) is 0 Å². The summed E-state index contributed by atoms with van der Waals surface area (Å²) >= 11 is 0. The van der Waals surface area contributed by atoms with Crippen molar-refractivity contribution in [3.05, 3.63) is 29.8 Å². The van der Waals surface area contributed by atoms with Crippen LogP contribution in [0.15, 0.2) is 24.3 Å². The van der Waals surface area contributed by atoms with Gasteiger partial charge in [0.2, 0.25) is 5.91 Å². The summed E-state index contributed by atoms with van der Waals surface area (Å²) in [5.74, 6) is -2.10. The predicted octanol–water partition coefficient (Wildman–Crippen LogP) is 2.45. The van der Waals surface area contributed by atoms with Gasteiger partial charge in [-0.25, -0.2) is 0 Å². The van der Waals surface area contributed by atoms with Crippen LogP contribution in [0.1, 0.15) is 18.4 Å². The quantitative estimate of drug-likeness (QED) is 0.900. The third-order valence-corrected chi connectivity index (χ3v) is 3.70. The molecule has 23 heavy (non-hydrogen) atoms. The van der Waals surface area contributed by atoms with Crippen molar-refractivity contribution >= 4 is 11.9 Å². The zero-order valence-electron chi connectivity index (χ0n) is 12.2. The van der Waals surface area contributed by atoms with Gasteiger partial charge < -0.3 is 14.7 Å². The third-order valence-electron chi connectivity index (χ3n) is 3.70. The average molecular weight is 331 g/mol. The molecule has 2 rings (SSSR count). The monoisotopic (exact) mass is 331 g/mol. The highest BCUT2D eigenvalue weighted by molar-refractivity contribution is 5.79. The lowest BCUT2D eigenvalue weighted by molar-refractivity contribution is -0.274. The number of para-hydroxylation sites is 1. The number of halogens is 3. The van der Waals surface area contributed by atoms with E-state index in [1.807, 2.05) is 0 Å². The smallest absolute Gasteiger partial charge is 0.481 e. The minimum Gasteiger partial charge on any atom is -0.481 e. The van der Waals surface area contributed by atoms with Gasteiger partial charge in [0.05, 0.1) is 5.92 Å². The number of carboxylic acid groups (broad SMARTS) is 1. The van der Waals surface area contributed by atoms with E-state index in [0.29, 0.717) is 13.0 Å². The predicted molar refractivity (Wildman–Crippen MR) is 73.8 cm³/mol. The second kappa shape index (κ2) is 6.89. The molecular formula is C15H16F3NO4. The fourth-order valence-electron chi connectivity index (χ4n) is 2.52. The molecule has 1 heterocycles. The fourth-order valence-corrected chi connectivity index (χ4v) is 2.52. The van der Waals surface area contributed by atoms with Crippen LogP contribution in [-0.2, 0) is 16.0 Å². The van der Waals surface area contributed by atoms with E-state index >= 15 is 0 Å². The summed E-state index contributed by atoms with van der Waals surface area (Å²) in [5, 5.41) is 8.90. The third kappa shape index (κ3) is 4.87. The molecule has 0 saturated carbocycles. The van der Waals surface area contributed by atoms with Crippen molar-refractivity contribution in [2.75, 3.05) is 13.1 Å². The molecule has 0 aliphatic carbocycles. The Morgan fingerprint density at radius 1 is 1.30 bits per heavy atom. The molecule has 0 spiro atoms. The highest BCUT2D eigenvalue weighted by Crippen LogP contribution is 2.27. The molecule has 8 heteroatoms. The number of alkyl halides is 3. The molecule has 0 bridgehead atoms. The Bertz CT molecular complexity index is 588. The normalized spacial score (nSPS) is 18.0. The molecule has 1 atom stereocenters. The van der Waals surface area contributed by atoms with Crippen molar-refractivity contribution in [2.24, 2.45) is 5.92 Å². The Balaban J connectivity index is 1.94. The van der Waals surface area contributed by atoms with E-state index < -0.39 is 18.2 Å². The van der Waals surface area contributed by atoms with Gasteiger partial charge in [-0.05, 0) is 24.5 Å². The van der Waals surface area contributed by atoms with Gasteiger partial charge in [-0.15, -0.1) is 13.2 Å². The van der Waals surface area contributed by atoms with Crippen LogP contribution < -0.4 is 4.74 Å². The Labute approximate surface area is 130 Å². The number of ether oxygens (including phenoxy) is 1. The first kappa shape index (κ1) is 17.1. The highest BCUT2D eigenvalue weighted by atomic mass is 19.4. The van der Waals surface area contributed by atoms with Gasteiger partial charge in [0.25, 0.3) is 0 Å². The van der Waals surface area contributed by atoms with E-state index in [9.17, 15) is 22.8 Å². The van der Waals surface area contributed by atoms with Crippen LogP contribution in [0.5, 0.6) is 5.75 Å². The number of rotatable bonds is 5. The minimum atomic E-state index is -4.79. The van der Waals surface area contributed by atoms with E-state index in [1.165, 1.54) is 23.1 Å². The number of aliphatic carboxylic acids is 1. The van der Waals surface area contributed by atoms with Crippen molar-refractivity contribution in [2.45, 2.75) is 25.6 Å². The van der Waals surface area contributed by atoms with Crippen LogP contribution in [0.2, 0.25) is 0 Å². The molecule has 5 nitrogen and oxygen atoms in total. The second-order valence-electron chi connectivity index (χ2n) is 5.32. The molecule has 1 N–H and O–H groups in total. The maximum Gasteiger partial charge on any atom is 0.573 e. The number of carboxylic acids is 1. The summed E-state index contributed by atoms with van der Waals surface area (Å²) in [4.78, 5) is 24.4. The number of carbonyl (C=O) groups is 2. The lowest BCUT2D eigenvalue weighted by Crippen LogP contribution is -2.30. The molecule has 1 fully saturated rings. The van der Waals surface area contributed by atoms with Crippen LogP contribution in [0.25, 0.3) is 0 Å². The number of carbonyl (C=O) groups excluding carboxylic acids is 1. The Morgan fingerprint density at radius 3 is 2.61 bits per heavy atom. The van der Waals surface area contributed by atoms with Gasteiger partial charge in [-0.3, -0.25) is 9.59 Å². The Hall–Kier alpha value is -2.25. The van der Waals surface area contributed by atoms with Crippen molar-refractivity contribution in [1.29, 1.82) is 0 Å². The summed E-state index contributed by atoms with van der Waals surface area (Å²) in [6, 6.07) is 5.66. The first-order valence-corrected chi connectivity index (χ1v) is 7.10. The number of aryl methyl sites for hydroxylation is 1. The van der Waals surface area contributed by atoms with Crippen LogP contribution >= 0.6 is 0 Å². The Morgan fingerprint density at radius 2 is 2.00 bits per heavy atom. The zero-order valence-corrected chi connectivity index (χ0v) is 12.2. The molecule has 0 unspecified atom stereocenters. The van der Waals surface area contributed by atoms with E-state index in [4.69, 9.17) is 5.11 Å². The fraction of sp³-hybridized carbons (Fsp3) is 0.467. The first-order chi connectivity index (χ1) is 10.8. The SMILES string of the molecule is O=C(O)[C@@H]1CCN(C(=O)CCc2ccccc2OC(F)(F)F)C1. The summed E-state index contributed by atoms with van der Waals surface area (Å²) in [7, 11) is 0. The number of likely N-dealkylation sites (tertiary alicyclic amines) is 1. The molecular weight excluding hydrogens is 315 g/mol. The molecule has 1 aromatic carbocycles. The summed E-state index contributed by atoms with van der Waals surface area (Å²) in [6.45, 7) is 0.505. The second-order valence-corrected chi connectivity index (χ2v) is 5.32. The van der Waals surface area contributed by atoms with Crippen LogP contribution in [0.3, 0.4) is 0 Å². The van der Waals surface area contributed by atoms with Crippen molar-refractivity contribution in [1.82, 2.24) is 4.90 Å². The van der Waals surface area contributed by atoms with E-state index in [-0.39, 0.29) is 36.6 Å². The van der Waals surface area contributed by atoms with Crippen molar-refractivity contribution in [3.63, 3.8) is 0 Å². The summed E-state index contributed by atoms with van der Waals surface area (Å²) in [5.41, 5.74) is 0.284. The van der Waals surface area contributed by atoms with Gasteiger partial charge in [-0.2, -0.15) is 0 Å². The summed E-state index contributed by atoms with van der Waals surface area (Å²) < 4.78 is 40.9. The van der Waals surface area contributed by atoms with Gasteiger partial charge in [0.1, 0.15) is 5.75 Å². The Kier molecular flexibility index (Phi) is 5.12. The largest absolute Gasteiger partial charge is 0.573 e. The standard InChI is InChI=1S/C15H16F3NO4/c16-15(17,18)23-12-4-2-1-3-10(12)5-6-13(20)19-8-7-11(9-19)14(21)22/h1-4,11H,5-9H2,(H,21,22)/t11-/m1/s1.